The summed E-state index contributed by atoms with van der Waals surface area (Å²) in [6.45, 7) is 8.30. The zero-order chi connectivity index (χ0) is 24.5. The van der Waals surface area contributed by atoms with Crippen LogP contribution >= 0.6 is 0 Å². The molecule has 0 bridgehead atoms. The first kappa shape index (κ1) is 23.2. The van der Waals surface area contributed by atoms with Crippen molar-refractivity contribution in [1.29, 1.82) is 0 Å². The topological polar surface area (TPSA) is 62.6 Å². The molecule has 6 nitrogen and oxygen atoms in total. The number of ether oxygens (including phenoxy) is 1. The Bertz CT molecular complexity index is 1360. The molecule has 6 heteroatoms. The highest BCUT2D eigenvalue weighted by Gasteiger charge is 2.29. The van der Waals surface area contributed by atoms with Crippen molar-refractivity contribution in [3.8, 4) is 17.0 Å². The third kappa shape index (κ3) is 4.22. The number of hydrogen-bond acceptors (Lipinski definition) is 4. The van der Waals surface area contributed by atoms with Crippen molar-refractivity contribution >= 4 is 11.3 Å². The summed E-state index contributed by atoms with van der Waals surface area (Å²) in [5, 5.41) is 4.93. The van der Waals surface area contributed by atoms with E-state index in [9.17, 15) is 4.79 Å². The molecular formula is C29H34N4O2. The maximum absolute atomic E-state index is 14.1. The fraction of sp³-hybridized carbons (Fsp3) is 0.379. The van der Waals surface area contributed by atoms with Crippen molar-refractivity contribution in [3.05, 3.63) is 81.8 Å². The van der Waals surface area contributed by atoms with Crippen LogP contribution in [-0.2, 0) is 0 Å². The van der Waals surface area contributed by atoms with E-state index < -0.39 is 0 Å². The fourth-order valence-corrected chi connectivity index (χ4v) is 5.46. The van der Waals surface area contributed by atoms with Gasteiger partial charge in [-0.15, -0.1) is 0 Å². The second kappa shape index (κ2) is 9.61. The van der Waals surface area contributed by atoms with Crippen LogP contribution < -0.4 is 15.2 Å². The number of aromatic nitrogens is 3. The van der Waals surface area contributed by atoms with Gasteiger partial charge in [-0.2, -0.15) is 9.61 Å². The molecular weight excluding hydrogens is 436 g/mol. The first-order valence-corrected chi connectivity index (χ1v) is 12.6. The number of nitrogens with zero attached hydrogens (tertiary/aromatic N) is 3. The van der Waals surface area contributed by atoms with Gasteiger partial charge in [0.25, 0.3) is 5.56 Å². The standard InChI is InChI=1S/C29H34N4O2/c1-19(2)24(21-13-15-23(35-4)16-14-21)25-20(3)30-28-27(32-17-9-6-10-18-32)26(31-33(28)29(25)34)22-11-7-5-8-12-22/h5,7-8,11-16,19,24,30H,6,9-10,17-18H2,1-4H3. The van der Waals surface area contributed by atoms with Crippen LogP contribution in [-0.4, -0.2) is 34.8 Å². The summed E-state index contributed by atoms with van der Waals surface area (Å²) in [7, 11) is 1.67. The van der Waals surface area contributed by atoms with Crippen molar-refractivity contribution in [3.63, 3.8) is 0 Å². The number of nitrogens with one attached hydrogen (secondary N) is 1. The molecule has 1 atom stereocenters. The molecule has 2 aromatic carbocycles. The van der Waals surface area contributed by atoms with Gasteiger partial charge in [0.05, 0.1) is 7.11 Å². The minimum absolute atomic E-state index is 0.0498. The molecule has 35 heavy (non-hydrogen) atoms. The maximum atomic E-state index is 14.1. The van der Waals surface area contributed by atoms with E-state index in [4.69, 9.17) is 9.84 Å². The Labute approximate surface area is 206 Å². The summed E-state index contributed by atoms with van der Waals surface area (Å²) < 4.78 is 6.95. The van der Waals surface area contributed by atoms with Crippen LogP contribution in [0.5, 0.6) is 5.75 Å². The molecule has 1 saturated heterocycles. The van der Waals surface area contributed by atoms with Crippen LogP contribution in [0.1, 0.15) is 55.8 Å². The average molecular weight is 471 g/mol. The third-order valence-electron chi connectivity index (χ3n) is 7.17. The monoisotopic (exact) mass is 470 g/mol. The molecule has 0 radical (unpaired) electrons. The quantitative estimate of drug-likeness (QED) is 0.388. The Balaban J connectivity index is 1.73. The third-order valence-corrected chi connectivity index (χ3v) is 7.17. The lowest BCUT2D eigenvalue weighted by atomic mass is 9.82. The molecule has 1 N–H and O–H groups in total. The molecule has 2 aromatic heterocycles. The lowest BCUT2D eigenvalue weighted by molar-refractivity contribution is 0.414. The summed E-state index contributed by atoms with van der Waals surface area (Å²) in [6.07, 6.45) is 3.55. The van der Waals surface area contributed by atoms with Gasteiger partial charge >= 0.3 is 0 Å². The van der Waals surface area contributed by atoms with Crippen molar-refractivity contribution in [2.24, 2.45) is 5.92 Å². The molecule has 0 aliphatic carbocycles. The van der Waals surface area contributed by atoms with Gasteiger partial charge in [0, 0.05) is 35.8 Å². The van der Waals surface area contributed by atoms with Crippen LogP contribution in [0.4, 0.5) is 5.69 Å². The average Bonchev–Trinajstić information content (AvgIpc) is 3.27. The van der Waals surface area contributed by atoms with Crippen LogP contribution in [0.2, 0.25) is 0 Å². The number of aryl methyl sites for hydroxylation is 1. The molecule has 1 unspecified atom stereocenters. The number of anilines is 1. The number of methoxy groups -OCH3 is 1. The molecule has 1 fully saturated rings. The Kier molecular flexibility index (Phi) is 6.37. The van der Waals surface area contributed by atoms with Gasteiger partial charge in [-0.1, -0.05) is 56.3 Å². The predicted octanol–water partition coefficient (Wildman–Crippen LogP) is 5.78. The first-order chi connectivity index (χ1) is 17.0. The summed E-state index contributed by atoms with van der Waals surface area (Å²) in [5.41, 5.74) is 6.43. The van der Waals surface area contributed by atoms with E-state index in [1.165, 1.54) is 6.42 Å². The highest BCUT2D eigenvalue weighted by Crippen LogP contribution is 2.37. The van der Waals surface area contributed by atoms with Crippen LogP contribution in [0.3, 0.4) is 0 Å². The number of rotatable bonds is 6. The maximum Gasteiger partial charge on any atom is 0.278 e. The summed E-state index contributed by atoms with van der Waals surface area (Å²) in [4.78, 5) is 20.1. The van der Waals surface area contributed by atoms with Gasteiger partial charge in [0.1, 0.15) is 17.1 Å². The van der Waals surface area contributed by atoms with Gasteiger partial charge in [-0.25, -0.2) is 0 Å². The lowest BCUT2D eigenvalue weighted by Gasteiger charge is -2.29. The normalized spacial score (nSPS) is 15.1. The van der Waals surface area contributed by atoms with Gasteiger partial charge in [-0.3, -0.25) is 4.79 Å². The number of piperidine rings is 1. The van der Waals surface area contributed by atoms with E-state index in [0.29, 0.717) is 0 Å². The fourth-order valence-electron chi connectivity index (χ4n) is 5.46. The van der Waals surface area contributed by atoms with Gasteiger partial charge < -0.3 is 14.6 Å². The second-order valence-corrected chi connectivity index (χ2v) is 9.84. The Hall–Kier alpha value is -3.54. The van der Waals surface area contributed by atoms with Gasteiger partial charge in [0.2, 0.25) is 0 Å². The zero-order valence-electron chi connectivity index (χ0n) is 21.0. The van der Waals surface area contributed by atoms with E-state index in [2.05, 4.69) is 48.0 Å². The predicted molar refractivity (Wildman–Crippen MR) is 142 cm³/mol. The number of H-pyrrole nitrogens is 1. The first-order valence-electron chi connectivity index (χ1n) is 12.6. The molecule has 182 valence electrons. The van der Waals surface area contributed by atoms with Gasteiger partial charge in [-0.05, 0) is 49.8 Å². The summed E-state index contributed by atoms with van der Waals surface area (Å²) in [6, 6.07) is 18.2. The Morgan fingerprint density at radius 1 is 0.971 bits per heavy atom. The zero-order valence-corrected chi connectivity index (χ0v) is 21.0. The lowest BCUT2D eigenvalue weighted by Crippen LogP contribution is -2.30. The molecule has 0 spiro atoms. The second-order valence-electron chi connectivity index (χ2n) is 9.84. The largest absolute Gasteiger partial charge is 0.497 e. The van der Waals surface area contributed by atoms with E-state index in [1.807, 2.05) is 37.3 Å². The highest BCUT2D eigenvalue weighted by molar-refractivity contribution is 5.86. The van der Waals surface area contributed by atoms with Crippen molar-refractivity contribution in [1.82, 2.24) is 14.6 Å². The highest BCUT2D eigenvalue weighted by atomic mass is 16.5. The van der Waals surface area contributed by atoms with E-state index in [-0.39, 0.29) is 17.4 Å². The number of aromatic amines is 1. The summed E-state index contributed by atoms with van der Waals surface area (Å²) >= 11 is 0. The van der Waals surface area contributed by atoms with Crippen molar-refractivity contribution in [2.75, 3.05) is 25.1 Å². The molecule has 1 aliphatic rings. The molecule has 0 saturated carbocycles. The minimum atomic E-state index is -0.0585. The van der Waals surface area contributed by atoms with E-state index in [0.717, 1.165) is 71.1 Å². The molecule has 3 heterocycles. The van der Waals surface area contributed by atoms with Crippen molar-refractivity contribution < 1.29 is 4.74 Å². The Morgan fingerprint density at radius 3 is 2.29 bits per heavy atom. The Morgan fingerprint density at radius 2 is 1.66 bits per heavy atom. The van der Waals surface area contributed by atoms with Crippen LogP contribution in [0.25, 0.3) is 16.9 Å². The van der Waals surface area contributed by atoms with Crippen LogP contribution in [0.15, 0.2) is 59.4 Å². The van der Waals surface area contributed by atoms with Gasteiger partial charge in [0.15, 0.2) is 5.65 Å². The number of fused-ring (bicyclic) bond motifs is 1. The molecule has 1 aliphatic heterocycles. The van der Waals surface area contributed by atoms with Crippen LogP contribution in [0, 0.1) is 12.8 Å². The molecule has 0 amide bonds. The van der Waals surface area contributed by atoms with E-state index in [1.54, 1.807) is 11.6 Å². The summed E-state index contributed by atoms with van der Waals surface area (Å²) in [5.74, 6) is 0.978. The number of benzene rings is 2. The molecule has 4 aromatic rings. The SMILES string of the molecule is COc1ccc(C(c2c(C)[nH]c3c(N4CCCCC4)c(-c4ccccc4)nn3c2=O)C(C)C)cc1. The molecule has 5 rings (SSSR count). The smallest absolute Gasteiger partial charge is 0.278 e. The van der Waals surface area contributed by atoms with E-state index >= 15 is 0 Å². The van der Waals surface area contributed by atoms with Crippen molar-refractivity contribution in [2.45, 2.75) is 46.0 Å². The number of hydrogen-bond donors (Lipinski definition) is 1. The minimum Gasteiger partial charge on any atom is -0.497 e.